The Morgan fingerprint density at radius 1 is 1.19 bits per heavy atom. The maximum absolute atomic E-state index is 14.2. The van der Waals surface area contributed by atoms with Crippen LogP contribution >= 0.6 is 23.1 Å². The minimum Gasteiger partial charge on any atom is -0.471 e. The van der Waals surface area contributed by atoms with Gasteiger partial charge >= 0.3 is 6.03 Å². The molecule has 3 rings (SSSR count). The number of ether oxygens (including phenoxy) is 1. The normalized spacial score (nSPS) is 14.5. The molecule has 5 N–H and O–H groups in total. The molecule has 0 aliphatic carbocycles. The summed E-state index contributed by atoms with van der Waals surface area (Å²) in [6.07, 6.45) is 2.83. The summed E-state index contributed by atoms with van der Waals surface area (Å²) < 4.78 is 23.8. The number of rotatable bonds is 13. The maximum Gasteiger partial charge on any atom is 0.319 e. The fourth-order valence-corrected chi connectivity index (χ4v) is 4.91. The van der Waals surface area contributed by atoms with E-state index in [0.717, 1.165) is 70.1 Å². The van der Waals surface area contributed by atoms with Crippen molar-refractivity contribution in [2.45, 2.75) is 32.8 Å². The van der Waals surface area contributed by atoms with E-state index in [1.165, 1.54) is 12.1 Å². The van der Waals surface area contributed by atoms with E-state index in [2.05, 4.69) is 24.8 Å². The smallest absolute Gasteiger partial charge is 0.319 e. The number of hydrogen-bond acceptors (Lipinski definition) is 8. The van der Waals surface area contributed by atoms with Crippen molar-refractivity contribution in [3.8, 4) is 5.88 Å². The highest BCUT2D eigenvalue weighted by Gasteiger charge is 2.22. The molecular formula is C24H34ClFN6O4S. The first-order chi connectivity index (χ1) is 17.8. The molecule has 1 aliphatic heterocycles. The van der Waals surface area contributed by atoms with Crippen LogP contribution in [0.25, 0.3) is 0 Å². The number of nitrogens with one attached hydrogen (secondary N) is 2. The second-order valence-electron chi connectivity index (χ2n) is 8.89. The molecular weight excluding hydrogens is 523 g/mol. The lowest BCUT2D eigenvalue weighted by Gasteiger charge is -2.34. The van der Waals surface area contributed by atoms with Crippen molar-refractivity contribution in [3.63, 3.8) is 0 Å². The number of β-amino-alcohol motifs (C(OH)–C–C–N with tert-alkyl or cyclic N) is 1. The lowest BCUT2D eigenvalue weighted by Crippen LogP contribution is -2.47. The first-order valence-electron chi connectivity index (χ1n) is 12.3. The summed E-state index contributed by atoms with van der Waals surface area (Å²) >= 11 is 6.91. The van der Waals surface area contributed by atoms with E-state index in [1.54, 1.807) is 6.92 Å². The Balaban J connectivity index is 1.39. The van der Waals surface area contributed by atoms with Gasteiger partial charge in [0.25, 0.3) is 5.91 Å². The minimum absolute atomic E-state index is 0.0714. The van der Waals surface area contributed by atoms with Crippen LogP contribution in [0.1, 0.15) is 40.7 Å². The maximum atomic E-state index is 14.2. The first kappa shape index (κ1) is 29.1. The van der Waals surface area contributed by atoms with Crippen LogP contribution in [-0.2, 0) is 6.61 Å². The molecule has 0 radical (unpaired) electrons. The van der Waals surface area contributed by atoms with Crippen LogP contribution in [0, 0.1) is 12.7 Å². The number of anilines is 1. The molecule has 1 saturated heterocycles. The predicted octanol–water partition coefficient (Wildman–Crippen LogP) is 2.82. The second-order valence-corrected chi connectivity index (χ2v) is 10.1. The number of aromatic nitrogens is 1. The van der Waals surface area contributed by atoms with Crippen molar-refractivity contribution < 1.29 is 23.8 Å². The van der Waals surface area contributed by atoms with Gasteiger partial charge in [-0.25, -0.2) is 9.18 Å². The van der Waals surface area contributed by atoms with E-state index >= 15 is 0 Å². The Kier molecular flexibility index (Phi) is 11.3. The molecule has 204 valence electrons. The zero-order valence-electron chi connectivity index (χ0n) is 20.9. The Bertz CT molecular complexity index is 1060. The summed E-state index contributed by atoms with van der Waals surface area (Å²) in [7, 11) is 0. The summed E-state index contributed by atoms with van der Waals surface area (Å²) in [6.45, 7) is 7.91. The molecule has 2 heterocycles. The molecule has 0 spiro atoms. The summed E-state index contributed by atoms with van der Waals surface area (Å²) in [5.41, 5.74) is 6.21. The van der Waals surface area contributed by atoms with E-state index in [4.69, 9.17) is 27.2 Å². The third kappa shape index (κ3) is 8.78. The average Bonchev–Trinajstić information content (AvgIpc) is 3.26. The number of halogens is 2. The van der Waals surface area contributed by atoms with Crippen molar-refractivity contribution in [2.75, 3.05) is 57.7 Å². The van der Waals surface area contributed by atoms with Crippen LogP contribution in [0.3, 0.4) is 0 Å². The van der Waals surface area contributed by atoms with Crippen LogP contribution in [-0.4, -0.2) is 83.6 Å². The highest BCUT2D eigenvalue weighted by atomic mass is 35.5. The molecule has 1 aliphatic rings. The summed E-state index contributed by atoms with van der Waals surface area (Å²) in [4.78, 5) is 29.0. The van der Waals surface area contributed by atoms with E-state index in [9.17, 15) is 14.0 Å². The fourth-order valence-electron chi connectivity index (χ4n) is 3.99. The number of aryl methyl sites for hydroxylation is 1. The van der Waals surface area contributed by atoms with Gasteiger partial charge in [0.2, 0.25) is 5.88 Å². The van der Waals surface area contributed by atoms with Crippen molar-refractivity contribution in [3.05, 3.63) is 39.7 Å². The Labute approximate surface area is 225 Å². The second kappa shape index (κ2) is 14.4. The topological polar surface area (TPSA) is 133 Å². The van der Waals surface area contributed by atoms with Gasteiger partial charge in [-0.15, -0.1) is 0 Å². The van der Waals surface area contributed by atoms with E-state index < -0.39 is 17.8 Å². The van der Waals surface area contributed by atoms with Crippen molar-refractivity contribution >= 4 is 40.1 Å². The first-order valence-corrected chi connectivity index (χ1v) is 13.4. The number of urea groups is 1. The average molecular weight is 557 g/mol. The molecule has 0 atom stereocenters. The third-order valence-electron chi connectivity index (χ3n) is 6.14. The molecule has 0 unspecified atom stereocenters. The quantitative estimate of drug-likeness (QED) is 0.279. The zero-order valence-corrected chi connectivity index (χ0v) is 22.5. The number of nitrogens with two attached hydrogens (primary N) is 1. The number of carbonyl (C=O) groups excluding carboxylic acids is 2. The molecule has 1 aromatic carbocycles. The van der Waals surface area contributed by atoms with Gasteiger partial charge < -0.3 is 25.8 Å². The number of carbonyl (C=O) groups is 2. The van der Waals surface area contributed by atoms with Gasteiger partial charge in [0, 0.05) is 49.9 Å². The Hall–Kier alpha value is -2.51. The summed E-state index contributed by atoms with van der Waals surface area (Å²) in [5, 5.41) is 14.9. The monoisotopic (exact) mass is 556 g/mol. The number of piperazine rings is 1. The van der Waals surface area contributed by atoms with Crippen LogP contribution in [0.15, 0.2) is 12.1 Å². The number of aliphatic hydroxyl groups is 1. The highest BCUT2D eigenvalue weighted by Crippen LogP contribution is 2.31. The molecule has 0 bridgehead atoms. The summed E-state index contributed by atoms with van der Waals surface area (Å²) in [5.74, 6) is -1.39. The van der Waals surface area contributed by atoms with Gasteiger partial charge in [0.1, 0.15) is 23.0 Å². The predicted molar refractivity (Wildman–Crippen MR) is 142 cm³/mol. The molecule has 0 saturated carbocycles. The standard InChI is InChI=1S/C24H34ClFN6O4S/c1-16-13-19(26)17(14-18(16)25)15-36-22-20(21(27)34)23(37-30-22)29-24(35)28-5-3-2-4-6-31-7-9-32(10-8-31)11-12-33/h13-14,33H,2-12,15H2,1H3,(H2,27,34)(H2,28,29,35). The van der Waals surface area contributed by atoms with E-state index in [-0.39, 0.29) is 35.2 Å². The lowest BCUT2D eigenvalue weighted by atomic mass is 10.1. The Morgan fingerprint density at radius 2 is 1.89 bits per heavy atom. The van der Waals surface area contributed by atoms with Gasteiger partial charge in [0.05, 0.1) is 6.61 Å². The van der Waals surface area contributed by atoms with Gasteiger partial charge in [-0.2, -0.15) is 4.37 Å². The summed E-state index contributed by atoms with van der Waals surface area (Å²) in [6, 6.07) is 2.28. The van der Waals surface area contributed by atoms with Gasteiger partial charge in [0.15, 0.2) is 0 Å². The molecule has 1 fully saturated rings. The largest absolute Gasteiger partial charge is 0.471 e. The molecule has 2 aromatic rings. The van der Waals surface area contributed by atoms with Crippen molar-refractivity contribution in [1.29, 1.82) is 0 Å². The number of benzene rings is 1. The number of hydrogen-bond donors (Lipinski definition) is 4. The van der Waals surface area contributed by atoms with Crippen LogP contribution < -0.4 is 21.1 Å². The van der Waals surface area contributed by atoms with Gasteiger partial charge in [-0.1, -0.05) is 18.0 Å². The van der Waals surface area contributed by atoms with Gasteiger partial charge in [-0.05, 0) is 55.5 Å². The lowest BCUT2D eigenvalue weighted by molar-refractivity contribution is 0.0996. The molecule has 1 aromatic heterocycles. The molecule has 13 heteroatoms. The van der Waals surface area contributed by atoms with Crippen LogP contribution in [0.2, 0.25) is 5.02 Å². The molecule has 37 heavy (non-hydrogen) atoms. The van der Waals surface area contributed by atoms with Gasteiger partial charge in [-0.3, -0.25) is 15.0 Å². The van der Waals surface area contributed by atoms with Crippen LogP contribution in [0.4, 0.5) is 14.2 Å². The van der Waals surface area contributed by atoms with Crippen LogP contribution in [0.5, 0.6) is 5.88 Å². The highest BCUT2D eigenvalue weighted by molar-refractivity contribution is 7.11. The Morgan fingerprint density at radius 3 is 2.57 bits per heavy atom. The van der Waals surface area contributed by atoms with E-state index in [1.807, 2.05) is 0 Å². The number of nitrogens with zero attached hydrogens (tertiary/aromatic N) is 3. The SMILES string of the molecule is Cc1cc(F)c(COc2nsc(NC(=O)NCCCCCN3CCN(CCO)CC3)c2C(N)=O)cc1Cl. The third-order valence-corrected chi connectivity index (χ3v) is 7.30. The molecule has 10 nitrogen and oxygen atoms in total. The van der Waals surface area contributed by atoms with E-state index in [0.29, 0.717) is 17.1 Å². The number of aliphatic hydroxyl groups excluding tert-OH is 1. The zero-order chi connectivity index (χ0) is 26.8. The van der Waals surface area contributed by atoms with Crippen molar-refractivity contribution in [1.82, 2.24) is 19.5 Å². The minimum atomic E-state index is -0.821. The number of amides is 3. The number of primary amides is 1. The number of unbranched alkanes of at least 4 members (excludes halogenated alkanes) is 2. The van der Waals surface area contributed by atoms with Crippen molar-refractivity contribution in [2.24, 2.45) is 5.73 Å². The fraction of sp³-hybridized carbons (Fsp3) is 0.542. The molecule has 3 amide bonds.